The maximum absolute atomic E-state index is 12.5. The van der Waals surface area contributed by atoms with Gasteiger partial charge < -0.3 is 10.2 Å². The van der Waals surface area contributed by atoms with Crippen molar-refractivity contribution in [1.82, 2.24) is 9.88 Å². The van der Waals surface area contributed by atoms with Crippen molar-refractivity contribution in [3.8, 4) is 0 Å². The van der Waals surface area contributed by atoms with Crippen molar-refractivity contribution in [3.05, 3.63) is 23.9 Å². The Morgan fingerprint density at radius 3 is 2.95 bits per heavy atom. The number of piperidine rings is 1. The van der Waals surface area contributed by atoms with E-state index in [4.69, 9.17) is 0 Å². The number of likely N-dealkylation sites (tertiary alicyclic amines) is 1. The number of aromatic nitrogens is 1. The van der Waals surface area contributed by atoms with E-state index in [1.54, 1.807) is 6.07 Å². The van der Waals surface area contributed by atoms with Gasteiger partial charge in [0.2, 0.25) is 0 Å². The van der Waals surface area contributed by atoms with Gasteiger partial charge in [-0.05, 0) is 36.8 Å². The number of carbonyl (C=O) groups excluding carboxylic acids is 1. The molecule has 0 bridgehead atoms. The highest BCUT2D eigenvalue weighted by Crippen LogP contribution is 2.29. The molecule has 0 aromatic carbocycles. The van der Waals surface area contributed by atoms with E-state index in [1.165, 1.54) is 6.42 Å². The molecule has 4 nitrogen and oxygen atoms in total. The molecular weight excluding hydrogens is 250 g/mol. The lowest BCUT2D eigenvalue weighted by Gasteiger charge is -2.37. The van der Waals surface area contributed by atoms with E-state index < -0.39 is 0 Å². The molecule has 0 unspecified atom stereocenters. The largest absolute Gasteiger partial charge is 0.370 e. The molecular formula is C16H25N3O. The molecule has 1 fully saturated rings. The Bertz CT molecular complexity index is 471. The number of hydrogen-bond acceptors (Lipinski definition) is 3. The van der Waals surface area contributed by atoms with Crippen molar-refractivity contribution in [3.63, 3.8) is 0 Å². The Hall–Kier alpha value is -1.58. The molecule has 1 aliphatic heterocycles. The topological polar surface area (TPSA) is 45.2 Å². The van der Waals surface area contributed by atoms with E-state index in [1.807, 2.05) is 17.0 Å². The summed E-state index contributed by atoms with van der Waals surface area (Å²) in [4.78, 5) is 18.9. The van der Waals surface area contributed by atoms with E-state index in [2.05, 4.69) is 31.1 Å². The summed E-state index contributed by atoms with van der Waals surface area (Å²) >= 11 is 0. The second-order valence-corrected chi connectivity index (χ2v) is 6.33. The van der Waals surface area contributed by atoms with Gasteiger partial charge in [0, 0.05) is 19.6 Å². The van der Waals surface area contributed by atoms with Crippen LogP contribution in [0.25, 0.3) is 0 Å². The molecule has 0 atom stereocenters. The molecule has 1 aliphatic rings. The molecule has 20 heavy (non-hydrogen) atoms. The Morgan fingerprint density at radius 2 is 2.25 bits per heavy atom. The second-order valence-electron chi connectivity index (χ2n) is 6.33. The van der Waals surface area contributed by atoms with Gasteiger partial charge in [-0.2, -0.15) is 0 Å². The molecule has 1 aromatic rings. The first-order chi connectivity index (χ1) is 9.52. The fourth-order valence-corrected chi connectivity index (χ4v) is 2.66. The lowest BCUT2D eigenvalue weighted by Crippen LogP contribution is -2.43. The van der Waals surface area contributed by atoms with Crippen LogP contribution in [-0.4, -0.2) is 35.4 Å². The molecule has 4 heteroatoms. The molecule has 0 radical (unpaired) electrons. The van der Waals surface area contributed by atoms with Crippen LogP contribution in [0.4, 0.5) is 5.82 Å². The molecule has 110 valence electrons. The molecule has 2 heterocycles. The summed E-state index contributed by atoms with van der Waals surface area (Å²) in [6.07, 6.45) is 3.30. The van der Waals surface area contributed by atoms with Crippen LogP contribution in [-0.2, 0) is 0 Å². The number of anilines is 1. The molecule has 0 aliphatic carbocycles. The first kappa shape index (κ1) is 14.8. The average molecular weight is 275 g/mol. The van der Waals surface area contributed by atoms with Crippen LogP contribution in [0.3, 0.4) is 0 Å². The highest BCUT2D eigenvalue weighted by molar-refractivity contribution is 5.92. The third-order valence-electron chi connectivity index (χ3n) is 3.71. The van der Waals surface area contributed by atoms with Gasteiger partial charge in [0.25, 0.3) is 5.91 Å². The van der Waals surface area contributed by atoms with Gasteiger partial charge in [0.1, 0.15) is 11.5 Å². The number of pyridine rings is 1. The summed E-state index contributed by atoms with van der Waals surface area (Å²) in [5, 5.41) is 3.23. The Labute approximate surface area is 121 Å². The third-order valence-corrected chi connectivity index (χ3v) is 3.71. The maximum atomic E-state index is 12.5. The van der Waals surface area contributed by atoms with E-state index in [-0.39, 0.29) is 11.3 Å². The number of amides is 1. The zero-order chi connectivity index (χ0) is 14.6. The fraction of sp³-hybridized carbons (Fsp3) is 0.625. The first-order valence-electron chi connectivity index (χ1n) is 7.52. The van der Waals surface area contributed by atoms with Crippen molar-refractivity contribution in [2.24, 2.45) is 5.41 Å². The SMILES string of the molecule is CCCNc1cccc(C(=O)N2CCCC(C)(C)C2)n1. The monoisotopic (exact) mass is 275 g/mol. The van der Waals surface area contributed by atoms with Gasteiger partial charge in [-0.15, -0.1) is 0 Å². The van der Waals surface area contributed by atoms with Crippen LogP contribution in [0.2, 0.25) is 0 Å². The van der Waals surface area contributed by atoms with Gasteiger partial charge in [0.15, 0.2) is 0 Å². The van der Waals surface area contributed by atoms with Gasteiger partial charge in [-0.25, -0.2) is 4.98 Å². The minimum absolute atomic E-state index is 0.0536. The number of hydrogen-bond donors (Lipinski definition) is 1. The van der Waals surface area contributed by atoms with Crippen LogP contribution in [0, 0.1) is 5.41 Å². The van der Waals surface area contributed by atoms with Crippen LogP contribution in [0.5, 0.6) is 0 Å². The summed E-state index contributed by atoms with van der Waals surface area (Å²) in [6.45, 7) is 9.09. The first-order valence-corrected chi connectivity index (χ1v) is 7.52. The molecule has 0 spiro atoms. The minimum atomic E-state index is 0.0536. The summed E-state index contributed by atoms with van der Waals surface area (Å²) < 4.78 is 0. The third kappa shape index (κ3) is 3.71. The lowest BCUT2D eigenvalue weighted by atomic mass is 9.84. The van der Waals surface area contributed by atoms with Crippen LogP contribution in [0.15, 0.2) is 18.2 Å². The fourth-order valence-electron chi connectivity index (χ4n) is 2.66. The molecule has 1 aromatic heterocycles. The average Bonchev–Trinajstić information content (AvgIpc) is 2.43. The van der Waals surface area contributed by atoms with Crippen molar-refractivity contribution in [2.75, 3.05) is 25.0 Å². The molecule has 1 N–H and O–H groups in total. The van der Waals surface area contributed by atoms with Gasteiger partial charge in [-0.1, -0.05) is 26.8 Å². The standard InChI is InChI=1S/C16H25N3O/c1-4-10-17-14-8-5-7-13(18-14)15(20)19-11-6-9-16(2,3)12-19/h5,7-8H,4,6,9-12H2,1-3H3,(H,17,18). The van der Waals surface area contributed by atoms with Crippen molar-refractivity contribution in [1.29, 1.82) is 0 Å². The number of nitrogens with zero attached hydrogens (tertiary/aromatic N) is 2. The highest BCUT2D eigenvalue weighted by atomic mass is 16.2. The smallest absolute Gasteiger partial charge is 0.272 e. The van der Waals surface area contributed by atoms with Crippen molar-refractivity contribution >= 4 is 11.7 Å². The predicted molar refractivity (Wildman–Crippen MR) is 81.9 cm³/mol. The van der Waals surface area contributed by atoms with E-state index >= 15 is 0 Å². The molecule has 1 saturated heterocycles. The summed E-state index contributed by atoms with van der Waals surface area (Å²) in [5.74, 6) is 0.840. The normalized spacial score (nSPS) is 17.9. The van der Waals surface area contributed by atoms with E-state index in [0.29, 0.717) is 5.69 Å². The number of nitrogens with one attached hydrogen (secondary N) is 1. The maximum Gasteiger partial charge on any atom is 0.272 e. The molecule has 1 amide bonds. The van der Waals surface area contributed by atoms with Gasteiger partial charge in [-0.3, -0.25) is 4.79 Å². The predicted octanol–water partition coefficient (Wildman–Crippen LogP) is 3.17. The number of rotatable bonds is 4. The van der Waals surface area contributed by atoms with Gasteiger partial charge >= 0.3 is 0 Å². The lowest BCUT2D eigenvalue weighted by molar-refractivity contribution is 0.0578. The van der Waals surface area contributed by atoms with E-state index in [9.17, 15) is 4.79 Å². The Balaban J connectivity index is 2.08. The number of carbonyl (C=O) groups is 1. The van der Waals surface area contributed by atoms with E-state index in [0.717, 1.165) is 38.3 Å². The zero-order valence-electron chi connectivity index (χ0n) is 12.8. The summed E-state index contributed by atoms with van der Waals surface area (Å²) in [6, 6.07) is 5.61. The summed E-state index contributed by atoms with van der Waals surface area (Å²) in [5.41, 5.74) is 0.759. The quantitative estimate of drug-likeness (QED) is 0.918. The van der Waals surface area contributed by atoms with Crippen molar-refractivity contribution in [2.45, 2.75) is 40.0 Å². The highest BCUT2D eigenvalue weighted by Gasteiger charge is 2.30. The Morgan fingerprint density at radius 1 is 1.45 bits per heavy atom. The van der Waals surface area contributed by atoms with Crippen molar-refractivity contribution < 1.29 is 4.79 Å². The zero-order valence-corrected chi connectivity index (χ0v) is 12.8. The van der Waals surface area contributed by atoms with Gasteiger partial charge in [0.05, 0.1) is 0 Å². The molecule has 2 rings (SSSR count). The van der Waals surface area contributed by atoms with Crippen LogP contribution >= 0.6 is 0 Å². The summed E-state index contributed by atoms with van der Waals surface area (Å²) in [7, 11) is 0. The molecule has 0 saturated carbocycles. The second kappa shape index (κ2) is 6.25. The Kier molecular flexibility index (Phi) is 4.63. The van der Waals surface area contributed by atoms with Crippen LogP contribution < -0.4 is 5.32 Å². The minimum Gasteiger partial charge on any atom is -0.370 e. The van der Waals surface area contributed by atoms with Crippen LogP contribution in [0.1, 0.15) is 50.5 Å².